The molecule has 0 unspecified atom stereocenters. The standard InChI is InChI=1S/C10H8FN3O2S/c11-17-14-4-6(10(15)16)8-9(14)12-3-7(13-8)5-1-2-5/h3-5H,1-2H2,(H,15,16). The van der Waals surface area contributed by atoms with Gasteiger partial charge in [-0.15, -0.1) is 3.89 Å². The van der Waals surface area contributed by atoms with E-state index in [1.807, 2.05) is 0 Å². The fourth-order valence-electron chi connectivity index (χ4n) is 1.76. The Bertz CT molecular complexity index is 609. The molecule has 0 bridgehead atoms. The van der Waals surface area contributed by atoms with Crippen LogP contribution in [0.2, 0.25) is 0 Å². The van der Waals surface area contributed by atoms with Gasteiger partial charge in [-0.25, -0.2) is 18.7 Å². The third-order valence-electron chi connectivity index (χ3n) is 2.78. The Morgan fingerprint density at radius 1 is 1.59 bits per heavy atom. The first-order valence-corrected chi connectivity index (χ1v) is 5.78. The molecular weight excluding hydrogens is 245 g/mol. The molecule has 0 saturated heterocycles. The first-order chi connectivity index (χ1) is 8.20. The Kier molecular flexibility index (Phi) is 2.29. The molecule has 2 heterocycles. The van der Waals surface area contributed by atoms with Gasteiger partial charge in [0.1, 0.15) is 11.1 Å². The number of hydrogen-bond donors (Lipinski definition) is 1. The SMILES string of the molecule is O=C(O)c1cn(SF)c2ncc(C3CC3)nc12. The van der Waals surface area contributed by atoms with Gasteiger partial charge in [0.05, 0.1) is 11.9 Å². The summed E-state index contributed by atoms with van der Waals surface area (Å²) in [5.41, 5.74) is 1.29. The Morgan fingerprint density at radius 3 is 2.94 bits per heavy atom. The van der Waals surface area contributed by atoms with Crippen LogP contribution in [0.1, 0.15) is 34.8 Å². The van der Waals surface area contributed by atoms with Gasteiger partial charge in [-0.1, -0.05) is 0 Å². The molecule has 1 N–H and O–H groups in total. The highest BCUT2D eigenvalue weighted by atomic mass is 32.2. The number of fused-ring (bicyclic) bond motifs is 1. The zero-order valence-electron chi connectivity index (χ0n) is 8.63. The number of nitrogens with zero attached hydrogens (tertiary/aromatic N) is 3. The lowest BCUT2D eigenvalue weighted by molar-refractivity contribution is 0.0699. The van der Waals surface area contributed by atoms with Crippen LogP contribution >= 0.6 is 12.3 Å². The minimum Gasteiger partial charge on any atom is -0.478 e. The maximum Gasteiger partial charge on any atom is 0.339 e. The van der Waals surface area contributed by atoms with E-state index in [1.54, 1.807) is 6.20 Å². The van der Waals surface area contributed by atoms with Crippen molar-refractivity contribution in [3.05, 3.63) is 23.7 Å². The van der Waals surface area contributed by atoms with E-state index in [4.69, 9.17) is 5.11 Å². The maximum absolute atomic E-state index is 12.6. The summed E-state index contributed by atoms with van der Waals surface area (Å²) in [6.45, 7) is 0. The molecule has 0 radical (unpaired) electrons. The second kappa shape index (κ2) is 3.69. The molecule has 7 heteroatoms. The third kappa shape index (κ3) is 1.66. The van der Waals surface area contributed by atoms with Gasteiger partial charge in [0.15, 0.2) is 18.0 Å². The molecule has 5 nitrogen and oxygen atoms in total. The van der Waals surface area contributed by atoms with Gasteiger partial charge in [0.25, 0.3) is 0 Å². The van der Waals surface area contributed by atoms with E-state index in [1.165, 1.54) is 6.20 Å². The predicted molar refractivity (Wildman–Crippen MR) is 60.6 cm³/mol. The summed E-state index contributed by atoms with van der Waals surface area (Å²) in [5, 5.41) is 9.02. The van der Waals surface area contributed by atoms with Gasteiger partial charge in [-0.2, -0.15) is 0 Å². The highest BCUT2D eigenvalue weighted by Crippen LogP contribution is 2.39. The summed E-state index contributed by atoms with van der Waals surface area (Å²) < 4.78 is 13.7. The molecule has 3 rings (SSSR count). The van der Waals surface area contributed by atoms with E-state index in [0.29, 0.717) is 5.92 Å². The first-order valence-electron chi connectivity index (χ1n) is 5.11. The Hall–Kier alpha value is -1.63. The summed E-state index contributed by atoms with van der Waals surface area (Å²) in [6.07, 6.45) is 4.91. The Morgan fingerprint density at radius 2 is 2.35 bits per heavy atom. The zero-order valence-corrected chi connectivity index (χ0v) is 9.45. The molecule has 17 heavy (non-hydrogen) atoms. The van der Waals surface area contributed by atoms with Crippen molar-refractivity contribution in [2.24, 2.45) is 0 Å². The number of carboxylic acids is 1. The lowest BCUT2D eigenvalue weighted by Gasteiger charge is -1.98. The molecule has 2 aromatic heterocycles. The molecule has 0 spiro atoms. The van der Waals surface area contributed by atoms with Crippen molar-refractivity contribution in [3.63, 3.8) is 0 Å². The lowest BCUT2D eigenvalue weighted by atomic mass is 10.2. The maximum atomic E-state index is 12.6. The van der Waals surface area contributed by atoms with Gasteiger partial charge in [0, 0.05) is 12.1 Å². The molecule has 1 aliphatic rings. The molecular formula is C10H8FN3O2S. The van der Waals surface area contributed by atoms with Crippen molar-refractivity contribution in [2.45, 2.75) is 18.8 Å². The summed E-state index contributed by atoms with van der Waals surface area (Å²) in [5.74, 6) is -0.736. The topological polar surface area (TPSA) is 68.0 Å². The van der Waals surface area contributed by atoms with E-state index >= 15 is 0 Å². The number of rotatable bonds is 3. The second-order valence-electron chi connectivity index (χ2n) is 3.98. The monoisotopic (exact) mass is 253 g/mol. The smallest absolute Gasteiger partial charge is 0.339 e. The zero-order chi connectivity index (χ0) is 12.0. The molecule has 0 atom stereocenters. The van der Waals surface area contributed by atoms with Crippen molar-refractivity contribution in [1.29, 1.82) is 0 Å². The van der Waals surface area contributed by atoms with Gasteiger partial charge in [-0.3, -0.25) is 0 Å². The van der Waals surface area contributed by atoms with Crippen LogP contribution in [-0.4, -0.2) is 25.0 Å². The van der Waals surface area contributed by atoms with E-state index in [-0.39, 0.29) is 29.1 Å². The number of carboxylic acid groups (broad SMARTS) is 1. The highest BCUT2D eigenvalue weighted by molar-refractivity contribution is 7.92. The van der Waals surface area contributed by atoms with Crippen LogP contribution in [0.25, 0.3) is 11.2 Å². The predicted octanol–water partition coefficient (Wildman–Crippen LogP) is 2.39. The molecule has 88 valence electrons. The number of aromatic nitrogens is 3. The van der Waals surface area contributed by atoms with Crippen LogP contribution in [0, 0.1) is 0 Å². The molecule has 0 aromatic carbocycles. The number of aromatic carboxylic acids is 1. The van der Waals surface area contributed by atoms with Crippen LogP contribution in [0.15, 0.2) is 12.4 Å². The van der Waals surface area contributed by atoms with Crippen LogP contribution in [0.4, 0.5) is 3.89 Å². The summed E-state index contributed by atoms with van der Waals surface area (Å²) >= 11 is -0.0828. The highest BCUT2D eigenvalue weighted by Gasteiger charge is 2.27. The first kappa shape index (κ1) is 10.5. The van der Waals surface area contributed by atoms with E-state index in [0.717, 1.165) is 22.5 Å². The molecule has 0 aliphatic heterocycles. The summed E-state index contributed by atoms with van der Waals surface area (Å²) in [7, 11) is 0. The quantitative estimate of drug-likeness (QED) is 0.909. The fraction of sp³-hybridized carbons (Fsp3) is 0.300. The van der Waals surface area contributed by atoms with Crippen LogP contribution in [-0.2, 0) is 0 Å². The van der Waals surface area contributed by atoms with E-state index in [2.05, 4.69) is 9.97 Å². The number of hydrogen-bond acceptors (Lipinski definition) is 4. The largest absolute Gasteiger partial charge is 0.478 e. The normalized spacial score (nSPS) is 15.4. The molecule has 1 fully saturated rings. The summed E-state index contributed by atoms with van der Waals surface area (Å²) in [4.78, 5) is 19.4. The van der Waals surface area contributed by atoms with Crippen molar-refractivity contribution >= 4 is 29.5 Å². The second-order valence-corrected chi connectivity index (χ2v) is 4.52. The third-order valence-corrected chi connectivity index (χ3v) is 3.21. The minimum atomic E-state index is -1.12. The number of carbonyl (C=O) groups is 1. The van der Waals surface area contributed by atoms with E-state index < -0.39 is 5.97 Å². The van der Waals surface area contributed by atoms with Crippen molar-refractivity contribution in [1.82, 2.24) is 13.9 Å². The molecule has 1 aliphatic carbocycles. The van der Waals surface area contributed by atoms with Gasteiger partial charge >= 0.3 is 5.97 Å². The molecule has 0 amide bonds. The van der Waals surface area contributed by atoms with Gasteiger partial charge in [-0.05, 0) is 12.8 Å². The Balaban J connectivity index is 2.24. The molecule has 2 aromatic rings. The summed E-state index contributed by atoms with van der Waals surface area (Å²) in [6, 6.07) is 0. The van der Waals surface area contributed by atoms with Crippen LogP contribution < -0.4 is 0 Å². The number of halogens is 1. The van der Waals surface area contributed by atoms with Crippen LogP contribution in [0.5, 0.6) is 0 Å². The minimum absolute atomic E-state index is 0.0137. The average Bonchev–Trinajstić information content (AvgIpc) is 3.09. The Labute approximate surface area is 100 Å². The van der Waals surface area contributed by atoms with Crippen molar-refractivity contribution < 1.29 is 13.8 Å². The van der Waals surface area contributed by atoms with Crippen LogP contribution in [0.3, 0.4) is 0 Å². The fourth-order valence-corrected chi connectivity index (χ4v) is 2.11. The lowest BCUT2D eigenvalue weighted by Crippen LogP contribution is -1.97. The van der Waals surface area contributed by atoms with Gasteiger partial charge in [0.2, 0.25) is 0 Å². The molecule has 1 saturated carbocycles. The van der Waals surface area contributed by atoms with Crippen molar-refractivity contribution in [2.75, 3.05) is 0 Å². The van der Waals surface area contributed by atoms with E-state index in [9.17, 15) is 8.68 Å². The average molecular weight is 253 g/mol. The van der Waals surface area contributed by atoms with Crippen molar-refractivity contribution in [3.8, 4) is 0 Å². The van der Waals surface area contributed by atoms with Gasteiger partial charge < -0.3 is 5.11 Å².